The molecule has 1 aromatic heterocycles. The quantitative estimate of drug-likeness (QED) is 0.925. The zero-order chi connectivity index (χ0) is 13.4. The Morgan fingerprint density at radius 1 is 1.10 bits per heavy atom. The summed E-state index contributed by atoms with van der Waals surface area (Å²) >= 11 is 0. The van der Waals surface area contributed by atoms with E-state index in [9.17, 15) is 0 Å². The molecule has 1 N–H and O–H groups in total. The highest BCUT2D eigenvalue weighted by Crippen LogP contribution is 2.34. The van der Waals surface area contributed by atoms with Gasteiger partial charge in [-0.25, -0.2) is 0 Å². The number of nitrogens with one attached hydrogen (secondary N) is 1. The van der Waals surface area contributed by atoms with Crippen LogP contribution in [0.25, 0.3) is 10.9 Å². The molecule has 1 saturated heterocycles. The fraction of sp³-hybridized carbons (Fsp3) is 0.471. The van der Waals surface area contributed by atoms with Crippen LogP contribution in [-0.2, 0) is 4.74 Å². The van der Waals surface area contributed by atoms with Crippen molar-refractivity contribution >= 4 is 10.9 Å². The molecule has 0 bridgehead atoms. The standard InChI is InChI=1S/C17H20N2O/c1-2-4-15-12(3-1)5-8-16(19-15)17-13(9-10-20-17)11-18-14-6-7-14/h1-5,8,13-14,17-18H,6-7,9-11H2. The van der Waals surface area contributed by atoms with Crippen LogP contribution in [-0.4, -0.2) is 24.2 Å². The molecule has 20 heavy (non-hydrogen) atoms. The second-order valence-electron chi connectivity index (χ2n) is 5.95. The van der Waals surface area contributed by atoms with E-state index in [0.717, 1.165) is 36.8 Å². The molecule has 2 aromatic rings. The van der Waals surface area contributed by atoms with Crippen molar-refractivity contribution in [1.29, 1.82) is 0 Å². The van der Waals surface area contributed by atoms with E-state index < -0.39 is 0 Å². The summed E-state index contributed by atoms with van der Waals surface area (Å²) in [5.41, 5.74) is 2.15. The molecular formula is C17H20N2O. The summed E-state index contributed by atoms with van der Waals surface area (Å²) in [6, 6.07) is 13.3. The van der Waals surface area contributed by atoms with Crippen molar-refractivity contribution in [3.05, 3.63) is 42.1 Å². The van der Waals surface area contributed by atoms with E-state index in [1.807, 2.05) is 6.07 Å². The lowest BCUT2D eigenvalue weighted by Gasteiger charge is -2.19. The molecule has 1 saturated carbocycles. The molecule has 0 amide bonds. The first-order valence-corrected chi connectivity index (χ1v) is 7.61. The van der Waals surface area contributed by atoms with Crippen LogP contribution in [0.15, 0.2) is 36.4 Å². The SMILES string of the molecule is c1ccc2nc(C3OCCC3CNC3CC3)ccc2c1. The van der Waals surface area contributed by atoms with Gasteiger partial charge >= 0.3 is 0 Å². The lowest BCUT2D eigenvalue weighted by atomic mass is 9.98. The Bertz CT molecular complexity index is 609. The van der Waals surface area contributed by atoms with Crippen molar-refractivity contribution in [2.24, 2.45) is 5.92 Å². The lowest BCUT2D eigenvalue weighted by molar-refractivity contribution is 0.0873. The van der Waals surface area contributed by atoms with E-state index in [2.05, 4.69) is 35.6 Å². The monoisotopic (exact) mass is 268 g/mol. The number of hydrogen-bond acceptors (Lipinski definition) is 3. The normalized spacial score (nSPS) is 26.2. The van der Waals surface area contributed by atoms with Crippen LogP contribution in [0, 0.1) is 5.92 Å². The zero-order valence-electron chi connectivity index (χ0n) is 11.6. The second-order valence-corrected chi connectivity index (χ2v) is 5.95. The van der Waals surface area contributed by atoms with E-state index >= 15 is 0 Å². The molecule has 104 valence electrons. The molecule has 0 spiro atoms. The summed E-state index contributed by atoms with van der Waals surface area (Å²) in [6.07, 6.45) is 3.98. The van der Waals surface area contributed by atoms with Crippen LogP contribution in [0.2, 0.25) is 0 Å². The number of benzene rings is 1. The van der Waals surface area contributed by atoms with E-state index in [0.29, 0.717) is 5.92 Å². The molecule has 2 atom stereocenters. The number of nitrogens with zero attached hydrogens (tertiary/aromatic N) is 1. The van der Waals surface area contributed by atoms with Crippen molar-refractivity contribution in [3.63, 3.8) is 0 Å². The summed E-state index contributed by atoms with van der Waals surface area (Å²) < 4.78 is 5.95. The number of rotatable bonds is 4. The van der Waals surface area contributed by atoms with Crippen molar-refractivity contribution in [1.82, 2.24) is 10.3 Å². The first-order chi connectivity index (χ1) is 9.90. The summed E-state index contributed by atoms with van der Waals surface area (Å²) in [6.45, 7) is 1.92. The van der Waals surface area contributed by atoms with Gasteiger partial charge in [0.2, 0.25) is 0 Å². The Morgan fingerprint density at radius 3 is 2.90 bits per heavy atom. The first kappa shape index (κ1) is 12.3. The first-order valence-electron chi connectivity index (χ1n) is 7.61. The van der Waals surface area contributed by atoms with Crippen LogP contribution < -0.4 is 5.32 Å². The molecule has 0 radical (unpaired) electrons. The molecule has 2 aliphatic rings. The molecule has 3 nitrogen and oxygen atoms in total. The second kappa shape index (κ2) is 5.15. The third kappa shape index (κ3) is 2.43. The predicted octanol–water partition coefficient (Wildman–Crippen LogP) is 3.06. The van der Waals surface area contributed by atoms with Gasteiger partial charge in [-0.1, -0.05) is 24.3 Å². The molecule has 1 aliphatic heterocycles. The van der Waals surface area contributed by atoms with Crippen LogP contribution in [0.5, 0.6) is 0 Å². The molecule has 3 heteroatoms. The smallest absolute Gasteiger partial charge is 0.104 e. The van der Waals surface area contributed by atoms with Gasteiger partial charge < -0.3 is 10.1 Å². The topological polar surface area (TPSA) is 34.1 Å². The fourth-order valence-corrected chi connectivity index (χ4v) is 3.02. The van der Waals surface area contributed by atoms with Gasteiger partial charge in [0.25, 0.3) is 0 Å². The van der Waals surface area contributed by atoms with E-state index in [1.54, 1.807) is 0 Å². The van der Waals surface area contributed by atoms with Crippen molar-refractivity contribution in [2.75, 3.05) is 13.2 Å². The number of fused-ring (bicyclic) bond motifs is 1. The van der Waals surface area contributed by atoms with Gasteiger partial charge in [0.15, 0.2) is 0 Å². The van der Waals surface area contributed by atoms with Gasteiger partial charge in [-0.3, -0.25) is 4.98 Å². The molecule has 1 aromatic carbocycles. The highest BCUT2D eigenvalue weighted by atomic mass is 16.5. The third-order valence-corrected chi connectivity index (χ3v) is 4.37. The van der Waals surface area contributed by atoms with Gasteiger partial charge in [0.05, 0.1) is 11.2 Å². The van der Waals surface area contributed by atoms with E-state index in [1.165, 1.54) is 18.2 Å². The zero-order valence-corrected chi connectivity index (χ0v) is 11.6. The van der Waals surface area contributed by atoms with Crippen LogP contribution in [0.4, 0.5) is 0 Å². The van der Waals surface area contributed by atoms with Crippen LogP contribution in [0.1, 0.15) is 31.1 Å². The Labute approximate surface area is 119 Å². The Hall–Kier alpha value is -1.45. The molecular weight excluding hydrogens is 248 g/mol. The highest BCUT2D eigenvalue weighted by molar-refractivity contribution is 5.78. The third-order valence-electron chi connectivity index (χ3n) is 4.37. The Balaban J connectivity index is 1.56. The lowest BCUT2D eigenvalue weighted by Crippen LogP contribution is -2.26. The van der Waals surface area contributed by atoms with E-state index in [4.69, 9.17) is 9.72 Å². The van der Waals surface area contributed by atoms with Crippen molar-refractivity contribution < 1.29 is 4.74 Å². The molecule has 2 fully saturated rings. The maximum absolute atomic E-state index is 5.95. The van der Waals surface area contributed by atoms with Gasteiger partial charge in [0, 0.05) is 30.5 Å². The van der Waals surface area contributed by atoms with Crippen molar-refractivity contribution in [2.45, 2.75) is 31.4 Å². The van der Waals surface area contributed by atoms with Gasteiger partial charge in [-0.2, -0.15) is 0 Å². The average Bonchev–Trinajstić information content (AvgIpc) is 3.21. The maximum Gasteiger partial charge on any atom is 0.104 e. The van der Waals surface area contributed by atoms with E-state index in [-0.39, 0.29) is 6.10 Å². The maximum atomic E-state index is 5.95. The van der Waals surface area contributed by atoms with Gasteiger partial charge in [0.1, 0.15) is 6.10 Å². The minimum atomic E-state index is 0.158. The summed E-state index contributed by atoms with van der Waals surface area (Å²) in [7, 11) is 0. The number of ether oxygens (including phenoxy) is 1. The highest BCUT2D eigenvalue weighted by Gasteiger charge is 2.32. The predicted molar refractivity (Wildman–Crippen MR) is 79.6 cm³/mol. The molecule has 2 heterocycles. The molecule has 2 unspecified atom stereocenters. The van der Waals surface area contributed by atoms with Crippen LogP contribution in [0.3, 0.4) is 0 Å². The minimum Gasteiger partial charge on any atom is -0.372 e. The minimum absolute atomic E-state index is 0.158. The molecule has 1 aliphatic carbocycles. The molecule has 4 rings (SSSR count). The Kier molecular flexibility index (Phi) is 3.17. The number of para-hydroxylation sites is 1. The van der Waals surface area contributed by atoms with Crippen molar-refractivity contribution in [3.8, 4) is 0 Å². The number of aromatic nitrogens is 1. The van der Waals surface area contributed by atoms with Gasteiger partial charge in [-0.15, -0.1) is 0 Å². The number of pyridine rings is 1. The fourth-order valence-electron chi connectivity index (χ4n) is 3.02. The largest absolute Gasteiger partial charge is 0.372 e. The number of hydrogen-bond donors (Lipinski definition) is 1. The summed E-state index contributed by atoms with van der Waals surface area (Å²) in [5, 5.41) is 4.82. The summed E-state index contributed by atoms with van der Waals surface area (Å²) in [5.74, 6) is 0.560. The van der Waals surface area contributed by atoms with Crippen LogP contribution >= 0.6 is 0 Å². The summed E-state index contributed by atoms with van der Waals surface area (Å²) in [4.78, 5) is 4.80. The van der Waals surface area contributed by atoms with Gasteiger partial charge in [-0.05, 0) is 31.4 Å². The average molecular weight is 268 g/mol. The Morgan fingerprint density at radius 2 is 2.00 bits per heavy atom.